The van der Waals surface area contributed by atoms with Gasteiger partial charge in [-0.15, -0.1) is 11.3 Å². The van der Waals surface area contributed by atoms with Gasteiger partial charge < -0.3 is 15.2 Å². The average Bonchev–Trinajstić information content (AvgIpc) is 2.94. The summed E-state index contributed by atoms with van der Waals surface area (Å²) in [4.78, 5) is 28.7. The van der Waals surface area contributed by atoms with E-state index in [1.165, 1.54) is 11.3 Å². The fraction of sp³-hybridized carbons (Fsp3) is 0.615. The van der Waals surface area contributed by atoms with Crippen LogP contribution in [0.4, 0.5) is 9.93 Å². The van der Waals surface area contributed by atoms with Crippen molar-refractivity contribution in [1.82, 2.24) is 10.3 Å². The van der Waals surface area contributed by atoms with Gasteiger partial charge in [-0.1, -0.05) is 6.92 Å². The molecule has 2 heterocycles. The summed E-state index contributed by atoms with van der Waals surface area (Å²) < 4.78 is 5.19. The third-order valence-electron chi connectivity index (χ3n) is 3.70. The molecule has 1 aromatic heterocycles. The summed E-state index contributed by atoms with van der Waals surface area (Å²) in [6.45, 7) is 5.79. The van der Waals surface area contributed by atoms with Crippen LogP contribution in [0.1, 0.15) is 24.4 Å². The van der Waals surface area contributed by atoms with Crippen LogP contribution >= 0.6 is 11.3 Å². The number of carbonyl (C=O) groups is 2. The summed E-state index contributed by atoms with van der Waals surface area (Å²) in [7, 11) is 0. The van der Waals surface area contributed by atoms with Crippen molar-refractivity contribution in [2.45, 2.75) is 33.2 Å². The Morgan fingerprint density at radius 1 is 1.57 bits per heavy atom. The second-order valence-corrected chi connectivity index (χ2v) is 6.47. The summed E-state index contributed by atoms with van der Waals surface area (Å²) in [6.07, 6.45) is 0.805. The molecule has 7 nitrogen and oxygen atoms in total. The highest BCUT2D eigenvalue weighted by Crippen LogP contribution is 2.29. The molecule has 2 amide bonds. The molecule has 1 saturated heterocycles. The molecule has 0 spiro atoms. The van der Waals surface area contributed by atoms with Crippen molar-refractivity contribution >= 4 is 28.5 Å². The number of rotatable bonds is 4. The Morgan fingerprint density at radius 2 is 2.29 bits per heavy atom. The Labute approximate surface area is 126 Å². The van der Waals surface area contributed by atoms with Crippen LogP contribution in [0.5, 0.6) is 0 Å². The zero-order chi connectivity index (χ0) is 15.6. The molecule has 0 radical (unpaired) electrons. The van der Waals surface area contributed by atoms with Gasteiger partial charge >= 0.3 is 12.0 Å². The van der Waals surface area contributed by atoms with E-state index in [1.807, 2.05) is 13.8 Å². The van der Waals surface area contributed by atoms with Gasteiger partial charge in [0.25, 0.3) is 0 Å². The van der Waals surface area contributed by atoms with Gasteiger partial charge in [0.2, 0.25) is 0 Å². The van der Waals surface area contributed by atoms with Crippen LogP contribution in [0, 0.1) is 12.3 Å². The van der Waals surface area contributed by atoms with Gasteiger partial charge in [0.15, 0.2) is 5.13 Å². The summed E-state index contributed by atoms with van der Waals surface area (Å²) in [5.41, 5.74) is -0.153. The minimum absolute atomic E-state index is 0.0869. The van der Waals surface area contributed by atoms with E-state index in [9.17, 15) is 14.7 Å². The van der Waals surface area contributed by atoms with Crippen LogP contribution in [-0.2, 0) is 16.0 Å². The molecule has 0 bridgehead atoms. The number of hydrogen-bond donors (Lipinski definition) is 3. The number of nitrogens with one attached hydrogen (secondary N) is 2. The number of carboxylic acids is 1. The highest BCUT2D eigenvalue weighted by molar-refractivity contribution is 7.15. The van der Waals surface area contributed by atoms with E-state index in [4.69, 9.17) is 4.74 Å². The normalized spacial score (nSPS) is 24.8. The second kappa shape index (κ2) is 5.98. The SMILES string of the molecule is CCc1nc(NC(=O)NC2COCC2(C)C(=O)O)sc1C. The van der Waals surface area contributed by atoms with Gasteiger partial charge in [-0.25, -0.2) is 9.78 Å². The molecule has 1 aliphatic heterocycles. The van der Waals surface area contributed by atoms with E-state index in [1.54, 1.807) is 6.92 Å². The van der Waals surface area contributed by atoms with E-state index in [0.29, 0.717) is 5.13 Å². The smallest absolute Gasteiger partial charge is 0.321 e. The van der Waals surface area contributed by atoms with Crippen LogP contribution in [0.3, 0.4) is 0 Å². The van der Waals surface area contributed by atoms with Gasteiger partial charge in [-0.2, -0.15) is 0 Å². The first-order valence-electron chi connectivity index (χ1n) is 6.71. The van der Waals surface area contributed by atoms with Crippen molar-refractivity contribution in [3.05, 3.63) is 10.6 Å². The fourth-order valence-electron chi connectivity index (χ4n) is 2.19. The molecular formula is C13H19N3O4S. The monoisotopic (exact) mass is 313 g/mol. The maximum absolute atomic E-state index is 12.0. The number of carboxylic acid groups (broad SMARTS) is 1. The number of aliphatic carboxylic acids is 1. The number of aryl methyl sites for hydroxylation is 2. The van der Waals surface area contributed by atoms with Gasteiger partial charge in [-0.05, 0) is 20.3 Å². The number of nitrogens with zero attached hydrogens (tertiary/aromatic N) is 1. The number of hydrogen-bond acceptors (Lipinski definition) is 5. The lowest BCUT2D eigenvalue weighted by atomic mass is 9.85. The zero-order valence-corrected chi connectivity index (χ0v) is 13.0. The molecule has 1 aromatic rings. The van der Waals surface area contributed by atoms with Crippen LogP contribution in [-0.4, -0.2) is 41.3 Å². The van der Waals surface area contributed by atoms with Crippen LogP contribution in [0.25, 0.3) is 0 Å². The molecule has 116 valence electrons. The summed E-state index contributed by atoms with van der Waals surface area (Å²) in [6, 6.07) is -1.03. The third-order valence-corrected chi connectivity index (χ3v) is 4.63. The summed E-state index contributed by atoms with van der Waals surface area (Å²) in [5, 5.41) is 15.1. The predicted molar refractivity (Wildman–Crippen MR) is 78.7 cm³/mol. The first-order valence-corrected chi connectivity index (χ1v) is 7.53. The Kier molecular flexibility index (Phi) is 4.48. The fourth-order valence-corrected chi connectivity index (χ4v) is 3.08. The second-order valence-electron chi connectivity index (χ2n) is 5.26. The topological polar surface area (TPSA) is 101 Å². The number of carbonyl (C=O) groups excluding carboxylic acids is 1. The Hall–Kier alpha value is -1.67. The van der Waals surface area contributed by atoms with Crippen molar-refractivity contribution < 1.29 is 19.4 Å². The highest BCUT2D eigenvalue weighted by Gasteiger charge is 2.47. The lowest BCUT2D eigenvalue weighted by Crippen LogP contribution is -2.50. The van der Waals surface area contributed by atoms with E-state index < -0.39 is 23.5 Å². The molecular weight excluding hydrogens is 294 g/mol. The molecule has 0 aromatic carbocycles. The number of amides is 2. The van der Waals surface area contributed by atoms with Crippen molar-refractivity contribution in [3.63, 3.8) is 0 Å². The van der Waals surface area contributed by atoms with Crippen LogP contribution < -0.4 is 10.6 Å². The Morgan fingerprint density at radius 3 is 2.86 bits per heavy atom. The minimum Gasteiger partial charge on any atom is -0.481 e. The molecule has 0 aliphatic carbocycles. The van der Waals surface area contributed by atoms with E-state index in [0.717, 1.165) is 17.0 Å². The molecule has 2 atom stereocenters. The molecule has 2 unspecified atom stereocenters. The van der Waals surface area contributed by atoms with Crippen molar-refractivity contribution in [2.24, 2.45) is 5.41 Å². The maximum Gasteiger partial charge on any atom is 0.321 e. The maximum atomic E-state index is 12.0. The van der Waals surface area contributed by atoms with Gasteiger partial charge in [-0.3, -0.25) is 10.1 Å². The zero-order valence-electron chi connectivity index (χ0n) is 12.2. The molecule has 1 fully saturated rings. The van der Waals surface area contributed by atoms with Crippen molar-refractivity contribution in [2.75, 3.05) is 18.5 Å². The number of ether oxygens (including phenoxy) is 1. The summed E-state index contributed by atoms with van der Waals surface area (Å²) in [5.74, 6) is -0.983. The predicted octanol–water partition coefficient (Wildman–Crippen LogP) is 1.63. The van der Waals surface area contributed by atoms with E-state index in [2.05, 4.69) is 15.6 Å². The highest BCUT2D eigenvalue weighted by atomic mass is 32.1. The first-order chi connectivity index (χ1) is 9.86. The Balaban J connectivity index is 1.99. The standard InChI is InChI=1S/C13H19N3O4S/c1-4-8-7(2)21-12(14-8)16-11(19)15-9-5-20-6-13(9,3)10(17)18/h9H,4-6H2,1-3H3,(H,17,18)(H2,14,15,16,19). The first kappa shape index (κ1) is 15.7. The van der Waals surface area contributed by atoms with Crippen molar-refractivity contribution in [3.8, 4) is 0 Å². The number of aromatic nitrogens is 1. The van der Waals surface area contributed by atoms with Gasteiger partial charge in [0, 0.05) is 4.88 Å². The average molecular weight is 313 g/mol. The number of anilines is 1. The Bertz CT molecular complexity index is 560. The van der Waals surface area contributed by atoms with Crippen LogP contribution in [0.15, 0.2) is 0 Å². The summed E-state index contributed by atoms with van der Waals surface area (Å²) >= 11 is 1.40. The quantitative estimate of drug-likeness (QED) is 0.784. The lowest BCUT2D eigenvalue weighted by molar-refractivity contribution is -0.148. The molecule has 21 heavy (non-hydrogen) atoms. The van der Waals surface area contributed by atoms with Crippen LogP contribution in [0.2, 0.25) is 0 Å². The minimum atomic E-state index is -1.11. The lowest BCUT2D eigenvalue weighted by Gasteiger charge is -2.25. The van der Waals surface area contributed by atoms with Crippen molar-refractivity contribution in [1.29, 1.82) is 0 Å². The molecule has 8 heteroatoms. The number of urea groups is 1. The molecule has 0 saturated carbocycles. The molecule has 3 N–H and O–H groups in total. The van der Waals surface area contributed by atoms with E-state index >= 15 is 0 Å². The van der Waals surface area contributed by atoms with Gasteiger partial charge in [0.05, 0.1) is 24.9 Å². The molecule has 2 rings (SSSR count). The number of thiazole rings is 1. The van der Waals surface area contributed by atoms with Gasteiger partial charge in [0.1, 0.15) is 5.41 Å². The largest absolute Gasteiger partial charge is 0.481 e. The third kappa shape index (κ3) is 3.16. The molecule has 1 aliphatic rings. The van der Waals surface area contributed by atoms with E-state index in [-0.39, 0.29) is 13.2 Å².